The van der Waals surface area contributed by atoms with Crippen LogP contribution in [0, 0.1) is 0 Å². The summed E-state index contributed by atoms with van der Waals surface area (Å²) in [5.41, 5.74) is 2.47. The van der Waals surface area contributed by atoms with E-state index in [0.29, 0.717) is 0 Å². The van der Waals surface area contributed by atoms with E-state index in [1.54, 1.807) is 0 Å². The van der Waals surface area contributed by atoms with Gasteiger partial charge in [0.15, 0.2) is 0 Å². The Bertz CT molecular complexity index is 688. The summed E-state index contributed by atoms with van der Waals surface area (Å²) < 4.78 is 0. The van der Waals surface area contributed by atoms with Gasteiger partial charge in [0.05, 0.1) is 6.61 Å². The zero-order valence-corrected chi connectivity index (χ0v) is 11.4. The van der Waals surface area contributed by atoms with Gasteiger partial charge in [-0.2, -0.15) is 0 Å². The van der Waals surface area contributed by atoms with Gasteiger partial charge in [-0.15, -0.1) is 0 Å². The lowest BCUT2D eigenvalue weighted by molar-refractivity contribution is 0.264. The molecule has 0 bridgehead atoms. The van der Waals surface area contributed by atoms with Crippen LogP contribution in [-0.4, -0.2) is 11.7 Å². The van der Waals surface area contributed by atoms with Gasteiger partial charge in [-0.1, -0.05) is 72.8 Å². The first kappa shape index (κ1) is 12.9. The molecule has 0 saturated heterocycles. The fourth-order valence-corrected chi connectivity index (χ4v) is 2.66. The molecule has 1 nitrogen and oxygen atoms in total. The van der Waals surface area contributed by atoms with Gasteiger partial charge < -0.3 is 5.11 Å². The molecule has 3 aromatic carbocycles. The fraction of sp³-hybridized carbons (Fsp3) is 0.158. The number of aliphatic hydroxyl groups is 1. The molecule has 3 rings (SSSR count). The van der Waals surface area contributed by atoms with Crippen molar-refractivity contribution in [3.63, 3.8) is 0 Å². The fourth-order valence-electron chi connectivity index (χ4n) is 2.66. The molecule has 0 fully saturated rings. The second-order valence-electron chi connectivity index (χ2n) is 5.18. The van der Waals surface area contributed by atoms with Crippen molar-refractivity contribution in [2.45, 2.75) is 12.3 Å². The summed E-state index contributed by atoms with van der Waals surface area (Å²) in [5, 5.41) is 12.2. The molecule has 0 aliphatic carbocycles. The molecule has 0 amide bonds. The monoisotopic (exact) mass is 262 g/mol. The molecule has 0 aromatic heterocycles. The van der Waals surface area contributed by atoms with Crippen molar-refractivity contribution in [1.29, 1.82) is 0 Å². The minimum Gasteiger partial charge on any atom is -0.396 e. The minimum atomic E-state index is 0.164. The van der Waals surface area contributed by atoms with Gasteiger partial charge in [-0.25, -0.2) is 0 Å². The lowest BCUT2D eigenvalue weighted by Gasteiger charge is -2.15. The van der Waals surface area contributed by atoms with Gasteiger partial charge in [0.2, 0.25) is 0 Å². The number of fused-ring (bicyclic) bond motifs is 1. The third-order valence-electron chi connectivity index (χ3n) is 3.79. The topological polar surface area (TPSA) is 20.2 Å². The second kappa shape index (κ2) is 5.89. The van der Waals surface area contributed by atoms with E-state index in [1.165, 1.54) is 21.9 Å². The minimum absolute atomic E-state index is 0.164. The van der Waals surface area contributed by atoms with Crippen LogP contribution in [0.2, 0.25) is 0 Å². The van der Waals surface area contributed by atoms with Gasteiger partial charge in [0, 0.05) is 5.92 Å². The van der Waals surface area contributed by atoms with E-state index in [4.69, 9.17) is 0 Å². The van der Waals surface area contributed by atoms with Gasteiger partial charge in [0.25, 0.3) is 0 Å². The van der Waals surface area contributed by atoms with E-state index in [1.807, 2.05) is 18.2 Å². The van der Waals surface area contributed by atoms with Crippen LogP contribution in [0.1, 0.15) is 17.0 Å². The molecule has 1 unspecified atom stereocenters. The molecule has 0 radical (unpaired) electrons. The number of rotatable bonds is 4. The summed E-state index contributed by atoms with van der Waals surface area (Å²) >= 11 is 0. The molecular formula is C19H18O. The normalized spacial score (nSPS) is 12.4. The van der Waals surface area contributed by atoms with Crippen LogP contribution < -0.4 is 0 Å². The first-order valence-electron chi connectivity index (χ1n) is 7.00. The van der Waals surface area contributed by atoms with Gasteiger partial charge in [-0.05, 0) is 28.3 Å². The molecule has 1 atom stereocenters. The summed E-state index contributed by atoms with van der Waals surface area (Å²) in [6, 6.07) is 25.2. The highest BCUT2D eigenvalue weighted by molar-refractivity contribution is 5.83. The summed E-state index contributed by atoms with van der Waals surface area (Å²) in [5.74, 6) is 0.164. The third kappa shape index (κ3) is 2.73. The van der Waals surface area contributed by atoms with Crippen LogP contribution in [0.25, 0.3) is 10.8 Å². The van der Waals surface area contributed by atoms with Crippen molar-refractivity contribution in [2.24, 2.45) is 0 Å². The smallest absolute Gasteiger partial charge is 0.0502 e. The Morgan fingerprint density at radius 1 is 0.750 bits per heavy atom. The van der Waals surface area contributed by atoms with Crippen LogP contribution in [0.5, 0.6) is 0 Å². The Morgan fingerprint density at radius 2 is 1.45 bits per heavy atom. The number of hydrogen-bond donors (Lipinski definition) is 1. The molecule has 0 heterocycles. The molecule has 100 valence electrons. The Kier molecular flexibility index (Phi) is 3.80. The molecule has 3 aromatic rings. The lowest BCUT2D eigenvalue weighted by atomic mass is 9.92. The number of hydrogen-bond acceptors (Lipinski definition) is 1. The number of benzene rings is 3. The Balaban J connectivity index is 1.87. The lowest BCUT2D eigenvalue weighted by Crippen LogP contribution is -2.07. The van der Waals surface area contributed by atoms with E-state index in [-0.39, 0.29) is 12.5 Å². The average Bonchev–Trinajstić information content (AvgIpc) is 2.53. The SMILES string of the molecule is OCC(Cc1ccc2ccccc2c1)c1ccccc1. The third-order valence-corrected chi connectivity index (χ3v) is 3.79. The Labute approximate surface area is 119 Å². The zero-order chi connectivity index (χ0) is 13.8. The second-order valence-corrected chi connectivity index (χ2v) is 5.18. The predicted molar refractivity (Wildman–Crippen MR) is 83.9 cm³/mol. The summed E-state index contributed by atoms with van der Waals surface area (Å²) in [6.45, 7) is 0.177. The van der Waals surface area contributed by atoms with E-state index >= 15 is 0 Å². The van der Waals surface area contributed by atoms with Crippen LogP contribution >= 0.6 is 0 Å². The highest BCUT2D eigenvalue weighted by Gasteiger charge is 2.11. The maximum atomic E-state index is 9.65. The summed E-state index contributed by atoms with van der Waals surface area (Å²) in [7, 11) is 0. The van der Waals surface area contributed by atoms with E-state index < -0.39 is 0 Å². The zero-order valence-electron chi connectivity index (χ0n) is 11.4. The maximum absolute atomic E-state index is 9.65. The van der Waals surface area contributed by atoms with Crippen molar-refractivity contribution in [1.82, 2.24) is 0 Å². The highest BCUT2D eigenvalue weighted by Crippen LogP contribution is 2.23. The van der Waals surface area contributed by atoms with Crippen LogP contribution in [0.15, 0.2) is 72.8 Å². The molecule has 0 aliphatic rings. The predicted octanol–water partition coefficient (Wildman–Crippen LogP) is 4.16. The van der Waals surface area contributed by atoms with E-state index in [2.05, 4.69) is 54.6 Å². The first-order chi connectivity index (χ1) is 9.86. The van der Waals surface area contributed by atoms with Crippen LogP contribution in [-0.2, 0) is 6.42 Å². The maximum Gasteiger partial charge on any atom is 0.0502 e. The molecule has 0 saturated carbocycles. The summed E-state index contributed by atoms with van der Waals surface area (Å²) in [4.78, 5) is 0. The van der Waals surface area contributed by atoms with Crippen molar-refractivity contribution in [3.05, 3.63) is 83.9 Å². The average molecular weight is 262 g/mol. The van der Waals surface area contributed by atoms with Crippen molar-refractivity contribution >= 4 is 10.8 Å². The van der Waals surface area contributed by atoms with E-state index in [9.17, 15) is 5.11 Å². The number of aliphatic hydroxyl groups excluding tert-OH is 1. The standard InChI is InChI=1S/C19H18O/c20-14-19(16-6-2-1-3-7-16)13-15-10-11-17-8-4-5-9-18(17)12-15/h1-12,19-20H,13-14H2. The highest BCUT2D eigenvalue weighted by atomic mass is 16.3. The Morgan fingerprint density at radius 3 is 2.20 bits per heavy atom. The van der Waals surface area contributed by atoms with Crippen LogP contribution in [0.4, 0.5) is 0 Å². The molecule has 20 heavy (non-hydrogen) atoms. The first-order valence-corrected chi connectivity index (χ1v) is 7.00. The molecule has 0 spiro atoms. The molecular weight excluding hydrogens is 244 g/mol. The largest absolute Gasteiger partial charge is 0.396 e. The molecule has 0 aliphatic heterocycles. The summed E-state index contributed by atoms with van der Waals surface area (Å²) in [6.07, 6.45) is 0.866. The van der Waals surface area contributed by atoms with Gasteiger partial charge >= 0.3 is 0 Å². The van der Waals surface area contributed by atoms with Crippen molar-refractivity contribution in [2.75, 3.05) is 6.61 Å². The molecule has 1 heteroatoms. The van der Waals surface area contributed by atoms with Crippen LogP contribution in [0.3, 0.4) is 0 Å². The Hall–Kier alpha value is -2.12. The molecule has 1 N–H and O–H groups in total. The van der Waals surface area contributed by atoms with Gasteiger partial charge in [0.1, 0.15) is 0 Å². The quantitative estimate of drug-likeness (QED) is 0.748. The van der Waals surface area contributed by atoms with Crippen molar-refractivity contribution in [3.8, 4) is 0 Å². The van der Waals surface area contributed by atoms with E-state index in [0.717, 1.165) is 6.42 Å². The van der Waals surface area contributed by atoms with Crippen molar-refractivity contribution < 1.29 is 5.11 Å². The van der Waals surface area contributed by atoms with Gasteiger partial charge in [-0.3, -0.25) is 0 Å².